The molecule has 0 bridgehead atoms. The first-order chi connectivity index (χ1) is 8.49. The van der Waals surface area contributed by atoms with Crippen LogP contribution in [0.1, 0.15) is 17.3 Å². The standard InChI is InChI=1S/C12H13F3N2O/c1-7-6-17(3-2-16-7)12(18)11-9(14)4-8(13)5-10(11)15/h4-5,7,16H,2-3,6H2,1H3/t7-/m0/s1. The van der Waals surface area contributed by atoms with E-state index in [9.17, 15) is 18.0 Å². The molecule has 0 radical (unpaired) electrons. The number of amides is 1. The highest BCUT2D eigenvalue weighted by Gasteiger charge is 2.26. The molecule has 1 aliphatic rings. The fourth-order valence-electron chi connectivity index (χ4n) is 2.02. The van der Waals surface area contributed by atoms with E-state index in [4.69, 9.17) is 0 Å². The lowest BCUT2D eigenvalue weighted by molar-refractivity contribution is 0.0699. The molecule has 0 aliphatic carbocycles. The topological polar surface area (TPSA) is 32.3 Å². The van der Waals surface area contributed by atoms with Crippen LogP contribution in [0.2, 0.25) is 0 Å². The second-order valence-corrected chi connectivity index (χ2v) is 4.35. The van der Waals surface area contributed by atoms with Gasteiger partial charge in [-0.05, 0) is 6.92 Å². The SMILES string of the molecule is C[C@H]1CN(C(=O)c2c(F)cc(F)cc2F)CCN1. The van der Waals surface area contributed by atoms with Crippen molar-refractivity contribution in [2.75, 3.05) is 19.6 Å². The van der Waals surface area contributed by atoms with Gasteiger partial charge in [0.1, 0.15) is 23.0 Å². The van der Waals surface area contributed by atoms with Crippen LogP contribution in [0.25, 0.3) is 0 Å². The Morgan fingerprint density at radius 1 is 1.33 bits per heavy atom. The Kier molecular flexibility index (Phi) is 3.56. The Balaban J connectivity index is 2.28. The molecule has 1 fully saturated rings. The van der Waals surface area contributed by atoms with E-state index in [0.717, 1.165) is 0 Å². The molecule has 1 aromatic rings. The average Bonchev–Trinajstić information content (AvgIpc) is 2.27. The number of nitrogens with one attached hydrogen (secondary N) is 1. The van der Waals surface area contributed by atoms with Gasteiger partial charge in [0, 0.05) is 37.8 Å². The van der Waals surface area contributed by atoms with Crippen LogP contribution in [-0.4, -0.2) is 36.5 Å². The van der Waals surface area contributed by atoms with Gasteiger partial charge >= 0.3 is 0 Å². The number of benzene rings is 1. The summed E-state index contributed by atoms with van der Waals surface area (Å²) in [4.78, 5) is 13.4. The fourth-order valence-corrected chi connectivity index (χ4v) is 2.02. The van der Waals surface area contributed by atoms with Crippen molar-refractivity contribution in [3.8, 4) is 0 Å². The van der Waals surface area contributed by atoms with Crippen LogP contribution < -0.4 is 5.32 Å². The maximum absolute atomic E-state index is 13.5. The second-order valence-electron chi connectivity index (χ2n) is 4.35. The van der Waals surface area contributed by atoms with Crippen molar-refractivity contribution in [3.63, 3.8) is 0 Å². The third-order valence-corrected chi connectivity index (χ3v) is 2.88. The van der Waals surface area contributed by atoms with Gasteiger partial charge in [0.25, 0.3) is 5.91 Å². The smallest absolute Gasteiger partial charge is 0.259 e. The normalized spacial score (nSPS) is 20.0. The third kappa shape index (κ3) is 2.48. The van der Waals surface area contributed by atoms with E-state index in [0.29, 0.717) is 31.8 Å². The van der Waals surface area contributed by atoms with Crippen molar-refractivity contribution in [1.29, 1.82) is 0 Å². The summed E-state index contributed by atoms with van der Waals surface area (Å²) in [6.45, 7) is 3.18. The Labute approximate surface area is 103 Å². The number of piperazine rings is 1. The number of hydrogen-bond acceptors (Lipinski definition) is 2. The Morgan fingerprint density at radius 2 is 1.94 bits per heavy atom. The molecule has 18 heavy (non-hydrogen) atoms. The average molecular weight is 258 g/mol. The van der Waals surface area contributed by atoms with Gasteiger partial charge in [-0.15, -0.1) is 0 Å². The molecule has 98 valence electrons. The molecule has 1 amide bonds. The van der Waals surface area contributed by atoms with E-state index in [1.54, 1.807) is 0 Å². The molecule has 3 nitrogen and oxygen atoms in total. The molecule has 1 saturated heterocycles. The van der Waals surface area contributed by atoms with Gasteiger partial charge in [-0.2, -0.15) is 0 Å². The van der Waals surface area contributed by atoms with Crippen LogP contribution in [0.5, 0.6) is 0 Å². The summed E-state index contributed by atoms with van der Waals surface area (Å²) in [7, 11) is 0. The second kappa shape index (κ2) is 4.97. The van der Waals surface area contributed by atoms with Crippen molar-refractivity contribution in [1.82, 2.24) is 10.2 Å². The number of rotatable bonds is 1. The van der Waals surface area contributed by atoms with Crippen molar-refractivity contribution in [2.45, 2.75) is 13.0 Å². The highest BCUT2D eigenvalue weighted by molar-refractivity contribution is 5.94. The maximum atomic E-state index is 13.5. The molecule has 1 atom stereocenters. The van der Waals surface area contributed by atoms with Crippen LogP contribution >= 0.6 is 0 Å². The zero-order valence-corrected chi connectivity index (χ0v) is 9.84. The van der Waals surface area contributed by atoms with E-state index < -0.39 is 28.9 Å². The molecule has 0 aromatic heterocycles. The molecule has 0 spiro atoms. The molecule has 0 unspecified atom stereocenters. The van der Waals surface area contributed by atoms with Gasteiger partial charge in [0.05, 0.1) is 0 Å². The number of carbonyl (C=O) groups is 1. The van der Waals surface area contributed by atoms with Crippen LogP contribution in [0.4, 0.5) is 13.2 Å². The summed E-state index contributed by atoms with van der Waals surface area (Å²) >= 11 is 0. The van der Waals surface area contributed by atoms with Gasteiger partial charge in [-0.3, -0.25) is 4.79 Å². The number of carbonyl (C=O) groups excluding carboxylic acids is 1. The Morgan fingerprint density at radius 3 is 2.50 bits per heavy atom. The summed E-state index contributed by atoms with van der Waals surface area (Å²) in [5.41, 5.74) is -0.689. The van der Waals surface area contributed by atoms with E-state index in [-0.39, 0.29) is 6.04 Å². The monoisotopic (exact) mass is 258 g/mol. The molecule has 1 N–H and O–H groups in total. The molecule has 1 aliphatic heterocycles. The maximum Gasteiger partial charge on any atom is 0.259 e. The van der Waals surface area contributed by atoms with Gasteiger partial charge in [0.2, 0.25) is 0 Å². The molecular formula is C12H13F3N2O. The summed E-state index contributed by atoms with van der Waals surface area (Å²) in [6, 6.07) is 1.10. The summed E-state index contributed by atoms with van der Waals surface area (Å²) < 4.78 is 39.7. The predicted octanol–water partition coefficient (Wildman–Crippen LogP) is 1.54. The highest BCUT2D eigenvalue weighted by Crippen LogP contribution is 2.17. The lowest BCUT2D eigenvalue weighted by Gasteiger charge is -2.32. The van der Waals surface area contributed by atoms with Crippen molar-refractivity contribution in [3.05, 3.63) is 35.1 Å². The molecule has 1 heterocycles. The van der Waals surface area contributed by atoms with E-state index in [2.05, 4.69) is 5.32 Å². The first-order valence-electron chi connectivity index (χ1n) is 5.66. The van der Waals surface area contributed by atoms with Crippen LogP contribution in [0, 0.1) is 17.5 Å². The van der Waals surface area contributed by atoms with Crippen LogP contribution in [0.3, 0.4) is 0 Å². The fraction of sp³-hybridized carbons (Fsp3) is 0.417. The van der Waals surface area contributed by atoms with E-state index in [1.807, 2.05) is 6.92 Å². The Hall–Kier alpha value is -1.56. The quantitative estimate of drug-likeness (QED) is 0.828. The third-order valence-electron chi connectivity index (χ3n) is 2.88. The highest BCUT2D eigenvalue weighted by atomic mass is 19.1. The molecule has 6 heteroatoms. The van der Waals surface area contributed by atoms with Crippen LogP contribution in [-0.2, 0) is 0 Å². The first kappa shape index (κ1) is 12.9. The summed E-state index contributed by atoms with van der Waals surface area (Å²) in [5, 5.41) is 3.12. The lowest BCUT2D eigenvalue weighted by atomic mass is 10.1. The number of nitrogens with zero attached hydrogens (tertiary/aromatic N) is 1. The molecule has 0 saturated carbocycles. The van der Waals surface area contributed by atoms with Crippen molar-refractivity contribution >= 4 is 5.91 Å². The largest absolute Gasteiger partial charge is 0.336 e. The van der Waals surface area contributed by atoms with Crippen molar-refractivity contribution in [2.24, 2.45) is 0 Å². The van der Waals surface area contributed by atoms with Gasteiger partial charge in [-0.25, -0.2) is 13.2 Å². The molecule has 2 rings (SSSR count). The summed E-state index contributed by atoms with van der Waals surface area (Å²) in [5.74, 6) is -4.10. The molecule has 1 aromatic carbocycles. The van der Waals surface area contributed by atoms with Crippen molar-refractivity contribution < 1.29 is 18.0 Å². The van der Waals surface area contributed by atoms with Gasteiger partial charge < -0.3 is 10.2 Å². The van der Waals surface area contributed by atoms with Gasteiger partial charge in [-0.1, -0.05) is 0 Å². The predicted molar refractivity (Wildman–Crippen MR) is 59.7 cm³/mol. The minimum atomic E-state index is -1.16. The lowest BCUT2D eigenvalue weighted by Crippen LogP contribution is -2.51. The zero-order chi connectivity index (χ0) is 13.3. The summed E-state index contributed by atoms with van der Waals surface area (Å²) in [6.07, 6.45) is 0. The molecular weight excluding hydrogens is 245 g/mol. The van der Waals surface area contributed by atoms with E-state index >= 15 is 0 Å². The van der Waals surface area contributed by atoms with Gasteiger partial charge in [0.15, 0.2) is 0 Å². The van der Waals surface area contributed by atoms with E-state index in [1.165, 1.54) is 4.90 Å². The minimum absolute atomic E-state index is 0.0641. The Bertz CT molecular complexity index is 455. The number of halogens is 3. The first-order valence-corrected chi connectivity index (χ1v) is 5.66. The minimum Gasteiger partial charge on any atom is -0.336 e. The zero-order valence-electron chi connectivity index (χ0n) is 9.84. The number of hydrogen-bond donors (Lipinski definition) is 1. The van der Waals surface area contributed by atoms with Crippen LogP contribution in [0.15, 0.2) is 12.1 Å².